The fourth-order valence-electron chi connectivity index (χ4n) is 3.77. The molecule has 2 atom stereocenters. The SMILES string of the molecule is CCC(C)(C(CCc1cnn(C)c1)NC)N1CCCCC1. The van der Waals surface area contributed by atoms with E-state index in [1.165, 1.54) is 50.8 Å². The van der Waals surface area contributed by atoms with Crippen molar-refractivity contribution in [3.63, 3.8) is 0 Å². The van der Waals surface area contributed by atoms with E-state index in [-0.39, 0.29) is 5.54 Å². The van der Waals surface area contributed by atoms with Crippen molar-refractivity contribution in [2.45, 2.75) is 64.0 Å². The summed E-state index contributed by atoms with van der Waals surface area (Å²) >= 11 is 0. The molecule has 2 heterocycles. The van der Waals surface area contributed by atoms with Gasteiger partial charge in [-0.3, -0.25) is 9.58 Å². The zero-order valence-electron chi connectivity index (χ0n) is 14.2. The van der Waals surface area contributed by atoms with Gasteiger partial charge in [-0.2, -0.15) is 5.10 Å². The van der Waals surface area contributed by atoms with E-state index >= 15 is 0 Å². The first-order valence-corrected chi connectivity index (χ1v) is 8.50. The number of rotatable bonds is 7. The summed E-state index contributed by atoms with van der Waals surface area (Å²) in [5, 5.41) is 7.88. The van der Waals surface area contributed by atoms with Crippen LogP contribution in [0.2, 0.25) is 0 Å². The second-order valence-electron chi connectivity index (χ2n) is 6.66. The monoisotopic (exact) mass is 292 g/mol. The predicted molar refractivity (Wildman–Crippen MR) is 88.5 cm³/mol. The number of piperidine rings is 1. The Labute approximate surface area is 129 Å². The lowest BCUT2D eigenvalue weighted by molar-refractivity contribution is 0.0427. The van der Waals surface area contributed by atoms with Gasteiger partial charge in [0.05, 0.1) is 6.20 Å². The molecular weight excluding hydrogens is 260 g/mol. The summed E-state index contributed by atoms with van der Waals surface area (Å²) in [5.41, 5.74) is 1.60. The van der Waals surface area contributed by atoms with Crippen LogP contribution in [0.3, 0.4) is 0 Å². The average molecular weight is 292 g/mol. The fourth-order valence-corrected chi connectivity index (χ4v) is 3.77. The first-order chi connectivity index (χ1) is 10.1. The molecule has 1 aromatic rings. The predicted octanol–water partition coefficient (Wildman–Crippen LogP) is 2.60. The first-order valence-electron chi connectivity index (χ1n) is 8.50. The van der Waals surface area contributed by atoms with Gasteiger partial charge in [0.15, 0.2) is 0 Å². The molecule has 1 fully saturated rings. The number of likely N-dealkylation sites (tertiary alicyclic amines) is 1. The Morgan fingerprint density at radius 2 is 2.05 bits per heavy atom. The normalized spacial score (nSPS) is 21.1. The van der Waals surface area contributed by atoms with Gasteiger partial charge < -0.3 is 5.32 Å². The molecule has 0 bridgehead atoms. The number of nitrogens with zero attached hydrogens (tertiary/aromatic N) is 3. The van der Waals surface area contributed by atoms with Gasteiger partial charge in [-0.25, -0.2) is 0 Å². The Kier molecular flexibility index (Phi) is 5.82. The van der Waals surface area contributed by atoms with Crippen LogP contribution in [0.4, 0.5) is 0 Å². The van der Waals surface area contributed by atoms with E-state index in [2.05, 4.69) is 42.4 Å². The standard InChI is InChI=1S/C17H32N4/c1-5-17(2,21-11-7-6-8-12-21)16(18-3)10-9-15-13-19-20(4)14-15/h13-14,16,18H,5-12H2,1-4H3. The molecule has 2 unspecified atom stereocenters. The number of hydrogen-bond donors (Lipinski definition) is 1. The third-order valence-electron chi connectivity index (χ3n) is 5.37. The van der Waals surface area contributed by atoms with E-state index in [9.17, 15) is 0 Å². The lowest BCUT2D eigenvalue weighted by Gasteiger charge is -2.48. The van der Waals surface area contributed by atoms with E-state index < -0.39 is 0 Å². The Bertz CT molecular complexity index is 422. The van der Waals surface area contributed by atoms with Gasteiger partial charge in [0.1, 0.15) is 0 Å². The van der Waals surface area contributed by atoms with Crippen LogP contribution in [0, 0.1) is 0 Å². The van der Waals surface area contributed by atoms with Crippen molar-refractivity contribution in [3.05, 3.63) is 18.0 Å². The van der Waals surface area contributed by atoms with Crippen LogP contribution in [0.25, 0.3) is 0 Å². The van der Waals surface area contributed by atoms with Crippen molar-refractivity contribution in [1.29, 1.82) is 0 Å². The molecule has 21 heavy (non-hydrogen) atoms. The second kappa shape index (κ2) is 7.41. The molecule has 4 heteroatoms. The number of likely N-dealkylation sites (N-methyl/N-ethyl adjacent to an activating group) is 1. The molecule has 1 saturated heterocycles. The van der Waals surface area contributed by atoms with Crippen molar-refractivity contribution in [2.75, 3.05) is 20.1 Å². The second-order valence-corrected chi connectivity index (χ2v) is 6.66. The Morgan fingerprint density at radius 3 is 2.57 bits per heavy atom. The highest BCUT2D eigenvalue weighted by Gasteiger charge is 2.37. The van der Waals surface area contributed by atoms with E-state index in [0.717, 1.165) is 6.42 Å². The molecule has 0 aliphatic carbocycles. The van der Waals surface area contributed by atoms with Gasteiger partial charge in [-0.05, 0) is 64.7 Å². The highest BCUT2D eigenvalue weighted by atomic mass is 15.2. The summed E-state index contributed by atoms with van der Waals surface area (Å²) in [6, 6.07) is 0.529. The fraction of sp³-hybridized carbons (Fsp3) is 0.824. The molecule has 1 N–H and O–H groups in total. The topological polar surface area (TPSA) is 33.1 Å². The highest BCUT2D eigenvalue weighted by molar-refractivity contribution is 5.06. The average Bonchev–Trinajstić information content (AvgIpc) is 2.94. The van der Waals surface area contributed by atoms with Crippen LogP contribution in [-0.4, -0.2) is 46.4 Å². The molecule has 120 valence electrons. The smallest absolute Gasteiger partial charge is 0.0521 e. The van der Waals surface area contributed by atoms with Gasteiger partial charge in [-0.1, -0.05) is 13.3 Å². The number of aryl methyl sites for hydroxylation is 2. The molecule has 4 nitrogen and oxygen atoms in total. The minimum absolute atomic E-state index is 0.261. The zero-order valence-corrected chi connectivity index (χ0v) is 14.2. The van der Waals surface area contributed by atoms with Crippen LogP contribution in [-0.2, 0) is 13.5 Å². The maximum Gasteiger partial charge on any atom is 0.0521 e. The first kappa shape index (κ1) is 16.5. The molecule has 0 spiro atoms. The quantitative estimate of drug-likeness (QED) is 0.838. The van der Waals surface area contributed by atoms with Gasteiger partial charge in [0.25, 0.3) is 0 Å². The third-order valence-corrected chi connectivity index (χ3v) is 5.37. The Hall–Kier alpha value is -0.870. The van der Waals surface area contributed by atoms with E-state index in [1.54, 1.807) is 0 Å². The lowest BCUT2D eigenvalue weighted by atomic mass is 9.83. The summed E-state index contributed by atoms with van der Waals surface area (Å²) in [6.07, 6.45) is 11.7. The molecule has 1 aliphatic heterocycles. The maximum atomic E-state index is 4.28. The molecule has 1 aliphatic rings. The molecular formula is C17H32N4. The van der Waals surface area contributed by atoms with Crippen molar-refractivity contribution in [1.82, 2.24) is 20.0 Å². The van der Waals surface area contributed by atoms with Gasteiger partial charge in [-0.15, -0.1) is 0 Å². The minimum Gasteiger partial charge on any atom is -0.315 e. The molecule has 0 radical (unpaired) electrons. The van der Waals surface area contributed by atoms with Crippen LogP contribution >= 0.6 is 0 Å². The van der Waals surface area contributed by atoms with Crippen LogP contribution in [0.1, 0.15) is 51.5 Å². The van der Waals surface area contributed by atoms with E-state index in [4.69, 9.17) is 0 Å². The Morgan fingerprint density at radius 1 is 1.33 bits per heavy atom. The van der Waals surface area contributed by atoms with Crippen molar-refractivity contribution >= 4 is 0 Å². The van der Waals surface area contributed by atoms with Gasteiger partial charge in [0.2, 0.25) is 0 Å². The summed E-state index contributed by atoms with van der Waals surface area (Å²) < 4.78 is 1.90. The van der Waals surface area contributed by atoms with E-state index in [1.807, 2.05) is 17.9 Å². The molecule has 2 rings (SSSR count). The summed E-state index contributed by atoms with van der Waals surface area (Å²) in [6.45, 7) is 7.30. The highest BCUT2D eigenvalue weighted by Crippen LogP contribution is 2.29. The van der Waals surface area contributed by atoms with Gasteiger partial charge >= 0.3 is 0 Å². The molecule has 0 saturated carbocycles. The zero-order chi connectivity index (χ0) is 15.3. The van der Waals surface area contributed by atoms with E-state index in [0.29, 0.717) is 6.04 Å². The Balaban J connectivity index is 2.01. The number of nitrogens with one attached hydrogen (secondary N) is 1. The largest absolute Gasteiger partial charge is 0.315 e. The number of aromatic nitrogens is 2. The van der Waals surface area contributed by atoms with Crippen LogP contribution in [0.15, 0.2) is 12.4 Å². The molecule has 1 aromatic heterocycles. The maximum absolute atomic E-state index is 4.28. The minimum atomic E-state index is 0.261. The van der Waals surface area contributed by atoms with Crippen LogP contribution < -0.4 is 5.32 Å². The number of hydrogen-bond acceptors (Lipinski definition) is 3. The summed E-state index contributed by atoms with van der Waals surface area (Å²) in [7, 11) is 4.11. The van der Waals surface area contributed by atoms with Crippen molar-refractivity contribution in [2.24, 2.45) is 7.05 Å². The van der Waals surface area contributed by atoms with Crippen LogP contribution in [0.5, 0.6) is 0 Å². The molecule has 0 aromatic carbocycles. The van der Waals surface area contributed by atoms with Crippen molar-refractivity contribution < 1.29 is 0 Å². The third kappa shape index (κ3) is 3.86. The van der Waals surface area contributed by atoms with Crippen molar-refractivity contribution in [3.8, 4) is 0 Å². The van der Waals surface area contributed by atoms with Gasteiger partial charge in [0, 0.05) is 24.8 Å². The summed E-state index contributed by atoms with van der Waals surface area (Å²) in [5.74, 6) is 0. The summed E-state index contributed by atoms with van der Waals surface area (Å²) in [4.78, 5) is 2.72. The lowest BCUT2D eigenvalue weighted by Crippen LogP contribution is -2.60. The molecule has 0 amide bonds.